The van der Waals surface area contributed by atoms with E-state index in [4.69, 9.17) is 9.47 Å². The fourth-order valence-electron chi connectivity index (χ4n) is 3.89. The molecule has 0 aromatic heterocycles. The highest BCUT2D eigenvalue weighted by atomic mass is 19.4. The van der Waals surface area contributed by atoms with E-state index >= 15 is 0 Å². The fraction of sp³-hybridized carbons (Fsp3) is 0.429. The maximum Gasteiger partial charge on any atom is 0.573 e. The van der Waals surface area contributed by atoms with Crippen molar-refractivity contribution in [3.8, 4) is 16.9 Å². The highest BCUT2D eigenvalue weighted by Gasteiger charge is 2.51. The third-order valence-electron chi connectivity index (χ3n) is 5.83. The molecule has 0 unspecified atom stereocenters. The van der Waals surface area contributed by atoms with Crippen LogP contribution in [0.1, 0.15) is 31.7 Å². The van der Waals surface area contributed by atoms with Crippen LogP contribution in [0, 0.1) is 17.0 Å². The van der Waals surface area contributed by atoms with Crippen LogP contribution in [0.5, 0.6) is 5.75 Å². The van der Waals surface area contributed by atoms with Gasteiger partial charge in [-0.25, -0.2) is 8.78 Å². The van der Waals surface area contributed by atoms with Gasteiger partial charge in [0.05, 0.1) is 13.2 Å². The van der Waals surface area contributed by atoms with Gasteiger partial charge in [0, 0.05) is 17.4 Å². The minimum atomic E-state index is -5.18. The van der Waals surface area contributed by atoms with Crippen molar-refractivity contribution in [2.24, 2.45) is 5.41 Å². The number of alkyl halides is 3. The number of fused-ring (bicyclic) bond motifs is 3. The zero-order valence-corrected chi connectivity index (χ0v) is 15.6. The molecule has 0 aliphatic carbocycles. The predicted octanol–water partition coefficient (Wildman–Crippen LogP) is 5.92. The maximum atomic E-state index is 14.0. The average molecular weight is 414 g/mol. The Hall–Kier alpha value is -2.19. The summed E-state index contributed by atoms with van der Waals surface area (Å²) in [5.74, 6) is -5.15. The molecule has 3 nitrogen and oxygen atoms in total. The van der Waals surface area contributed by atoms with Gasteiger partial charge in [-0.05, 0) is 36.1 Å². The Morgan fingerprint density at radius 1 is 0.931 bits per heavy atom. The van der Waals surface area contributed by atoms with Crippen molar-refractivity contribution in [3.05, 3.63) is 53.6 Å². The second kappa shape index (κ2) is 6.95. The Bertz CT molecular complexity index is 860. The SMILES string of the molecule is CCC12CCC(c3ccc(-c4cc(F)c(OC(F)(F)F)c(F)c4)cc3)(OC1)OC2. The Morgan fingerprint density at radius 2 is 1.52 bits per heavy atom. The van der Waals surface area contributed by atoms with E-state index < -0.39 is 29.5 Å². The number of ether oxygens (including phenoxy) is 3. The van der Waals surface area contributed by atoms with Crippen molar-refractivity contribution in [2.45, 2.75) is 38.3 Å². The third-order valence-corrected chi connectivity index (χ3v) is 5.83. The van der Waals surface area contributed by atoms with Crippen LogP contribution in [0.4, 0.5) is 22.0 Å². The van der Waals surface area contributed by atoms with Crippen molar-refractivity contribution < 1.29 is 36.2 Å². The van der Waals surface area contributed by atoms with Crippen LogP contribution in [-0.4, -0.2) is 19.6 Å². The number of halogens is 5. The van der Waals surface area contributed by atoms with Gasteiger partial charge >= 0.3 is 6.36 Å². The smallest absolute Gasteiger partial charge is 0.399 e. The molecule has 8 heteroatoms. The van der Waals surface area contributed by atoms with Crippen LogP contribution < -0.4 is 4.74 Å². The maximum absolute atomic E-state index is 14.0. The minimum absolute atomic E-state index is 0.0664. The van der Waals surface area contributed by atoms with Gasteiger partial charge in [0.25, 0.3) is 0 Å². The van der Waals surface area contributed by atoms with Crippen molar-refractivity contribution in [1.29, 1.82) is 0 Å². The van der Waals surface area contributed by atoms with Crippen LogP contribution >= 0.6 is 0 Å². The lowest BCUT2D eigenvalue weighted by Crippen LogP contribution is -2.53. The summed E-state index contributed by atoms with van der Waals surface area (Å²) < 4.78 is 80.3. The van der Waals surface area contributed by atoms with Gasteiger partial charge in [0.2, 0.25) is 5.75 Å². The summed E-state index contributed by atoms with van der Waals surface area (Å²) in [5, 5.41) is 0. The highest BCUT2D eigenvalue weighted by molar-refractivity contribution is 5.65. The topological polar surface area (TPSA) is 27.7 Å². The van der Waals surface area contributed by atoms with Crippen LogP contribution in [0.3, 0.4) is 0 Å². The second-order valence-electron chi connectivity index (χ2n) is 7.58. The molecule has 0 spiro atoms. The molecule has 2 bridgehead atoms. The van der Waals surface area contributed by atoms with Gasteiger partial charge in [0.1, 0.15) is 0 Å². The summed E-state index contributed by atoms with van der Waals surface area (Å²) in [6.07, 6.45) is -2.50. The van der Waals surface area contributed by atoms with E-state index in [2.05, 4.69) is 11.7 Å². The van der Waals surface area contributed by atoms with E-state index in [-0.39, 0.29) is 11.0 Å². The molecule has 156 valence electrons. The summed E-state index contributed by atoms with van der Waals surface area (Å²) in [4.78, 5) is 0. The molecule has 0 atom stereocenters. The Balaban J connectivity index is 1.58. The molecule has 3 saturated heterocycles. The van der Waals surface area contributed by atoms with Crippen LogP contribution in [-0.2, 0) is 15.3 Å². The second-order valence-corrected chi connectivity index (χ2v) is 7.58. The molecule has 0 amide bonds. The van der Waals surface area contributed by atoms with Crippen molar-refractivity contribution in [3.63, 3.8) is 0 Å². The third kappa shape index (κ3) is 3.71. The van der Waals surface area contributed by atoms with Crippen LogP contribution in [0.25, 0.3) is 11.1 Å². The molecule has 0 radical (unpaired) electrons. The van der Waals surface area contributed by atoms with E-state index in [0.717, 1.165) is 30.5 Å². The molecule has 29 heavy (non-hydrogen) atoms. The summed E-state index contributed by atoms with van der Waals surface area (Å²) in [6, 6.07) is 8.37. The zero-order valence-electron chi connectivity index (χ0n) is 15.6. The normalized spacial score (nSPS) is 26.6. The van der Waals surface area contributed by atoms with E-state index in [1.54, 1.807) is 24.3 Å². The molecule has 0 saturated carbocycles. The zero-order chi connectivity index (χ0) is 20.9. The van der Waals surface area contributed by atoms with Gasteiger partial charge in [-0.2, -0.15) is 0 Å². The molecule has 0 N–H and O–H groups in total. The first-order chi connectivity index (χ1) is 13.7. The lowest BCUT2D eigenvalue weighted by molar-refractivity contribution is -0.350. The van der Waals surface area contributed by atoms with Gasteiger partial charge in [-0.15, -0.1) is 13.2 Å². The monoisotopic (exact) mass is 414 g/mol. The molecular formula is C21H19F5O3. The molecular weight excluding hydrogens is 395 g/mol. The summed E-state index contributed by atoms with van der Waals surface area (Å²) in [6.45, 7) is 3.34. The van der Waals surface area contributed by atoms with Gasteiger partial charge in [-0.3, -0.25) is 0 Å². The quantitative estimate of drug-likeness (QED) is 0.582. The molecule has 3 fully saturated rings. The Labute approximate surface area is 164 Å². The van der Waals surface area contributed by atoms with E-state index in [9.17, 15) is 22.0 Å². The van der Waals surface area contributed by atoms with E-state index in [1.165, 1.54) is 0 Å². The molecule has 2 aromatic carbocycles. The Kier molecular flexibility index (Phi) is 4.82. The van der Waals surface area contributed by atoms with Gasteiger partial charge in [0.15, 0.2) is 17.4 Å². The number of hydrogen-bond donors (Lipinski definition) is 0. The van der Waals surface area contributed by atoms with Crippen molar-refractivity contribution in [1.82, 2.24) is 0 Å². The summed E-state index contributed by atoms with van der Waals surface area (Å²) >= 11 is 0. The average Bonchev–Trinajstić information content (AvgIpc) is 2.71. The van der Waals surface area contributed by atoms with E-state index in [1.807, 2.05) is 0 Å². The first-order valence-electron chi connectivity index (χ1n) is 9.29. The first-order valence-corrected chi connectivity index (χ1v) is 9.29. The highest BCUT2D eigenvalue weighted by Crippen LogP contribution is 2.50. The standard InChI is InChI=1S/C21H19F5O3/c1-2-19-7-8-20(27-11-19,28-12-19)15-5-3-13(4-6-15)14-9-16(22)18(17(23)10-14)29-21(24,25)26/h3-6,9-10H,2,7-8,11-12H2,1H3. The minimum Gasteiger partial charge on any atom is -0.399 e. The molecule has 3 aliphatic rings. The first kappa shape index (κ1) is 20.1. The van der Waals surface area contributed by atoms with Gasteiger partial charge < -0.3 is 14.2 Å². The Morgan fingerprint density at radius 3 is 1.97 bits per heavy atom. The lowest BCUT2D eigenvalue weighted by Gasteiger charge is -2.52. The molecule has 5 rings (SSSR count). The molecule has 2 aromatic rings. The predicted molar refractivity (Wildman–Crippen MR) is 94.0 cm³/mol. The lowest BCUT2D eigenvalue weighted by atomic mass is 9.75. The number of hydrogen-bond acceptors (Lipinski definition) is 3. The van der Waals surface area contributed by atoms with Crippen LogP contribution in [0.2, 0.25) is 0 Å². The fourth-order valence-corrected chi connectivity index (χ4v) is 3.89. The van der Waals surface area contributed by atoms with Gasteiger partial charge in [-0.1, -0.05) is 31.2 Å². The summed E-state index contributed by atoms with van der Waals surface area (Å²) in [5.41, 5.74) is 1.40. The van der Waals surface area contributed by atoms with Crippen LogP contribution in [0.15, 0.2) is 36.4 Å². The molecule has 3 heterocycles. The number of benzene rings is 2. The van der Waals surface area contributed by atoms with Crippen molar-refractivity contribution >= 4 is 0 Å². The van der Waals surface area contributed by atoms with E-state index in [0.29, 0.717) is 25.2 Å². The van der Waals surface area contributed by atoms with Crippen molar-refractivity contribution in [2.75, 3.05) is 13.2 Å². The largest absolute Gasteiger partial charge is 0.573 e. The number of rotatable bonds is 4. The molecule has 3 aliphatic heterocycles. The summed E-state index contributed by atoms with van der Waals surface area (Å²) in [7, 11) is 0.